The molecule has 0 radical (unpaired) electrons. The highest BCUT2D eigenvalue weighted by atomic mass is 32.2. The van der Waals surface area contributed by atoms with Crippen molar-refractivity contribution in [3.05, 3.63) is 100 Å². The number of aromatic nitrogens is 2. The molecule has 0 aliphatic carbocycles. The average Bonchev–Trinajstić information content (AvgIpc) is 3.67. The minimum Gasteiger partial charge on any atom is -0.507 e. The minimum absolute atomic E-state index is 0.00961. The lowest BCUT2D eigenvalue weighted by Crippen LogP contribution is -2.29. The fourth-order valence-corrected chi connectivity index (χ4v) is 7.02. The van der Waals surface area contributed by atoms with Crippen LogP contribution in [0.4, 0.5) is 5.13 Å². The van der Waals surface area contributed by atoms with Gasteiger partial charge in [0, 0.05) is 17.7 Å². The van der Waals surface area contributed by atoms with E-state index in [1.807, 2.05) is 39.0 Å². The molecule has 0 unspecified atom stereocenters. The van der Waals surface area contributed by atoms with Crippen molar-refractivity contribution >= 4 is 45.7 Å². The van der Waals surface area contributed by atoms with E-state index in [4.69, 9.17) is 9.47 Å². The van der Waals surface area contributed by atoms with Crippen LogP contribution in [0.15, 0.2) is 76.6 Å². The van der Waals surface area contributed by atoms with Gasteiger partial charge in [0.15, 0.2) is 4.34 Å². The fraction of sp³-hybridized carbons (Fsp3) is 0.250. The highest BCUT2D eigenvalue weighted by Gasteiger charge is 2.48. The van der Waals surface area contributed by atoms with E-state index >= 15 is 0 Å². The van der Waals surface area contributed by atoms with Gasteiger partial charge in [0.1, 0.15) is 23.4 Å². The second-order valence-electron chi connectivity index (χ2n) is 10.3. The number of hydrogen-bond acceptors (Lipinski definition) is 9. The maximum atomic E-state index is 13.6. The predicted octanol–water partition coefficient (Wildman–Crippen LogP) is 6.49. The molecule has 2 atom stereocenters. The van der Waals surface area contributed by atoms with E-state index < -0.39 is 17.7 Å². The van der Waals surface area contributed by atoms with Gasteiger partial charge in [-0.15, -0.1) is 10.2 Å². The van der Waals surface area contributed by atoms with Gasteiger partial charge < -0.3 is 14.6 Å². The Hall–Kier alpha value is -4.15. The molecule has 214 valence electrons. The third kappa shape index (κ3) is 5.39. The minimum atomic E-state index is -0.920. The van der Waals surface area contributed by atoms with Gasteiger partial charge in [0.2, 0.25) is 5.13 Å². The molecule has 1 saturated heterocycles. The Bertz CT molecular complexity index is 1700. The molecule has 3 heterocycles. The number of carbonyl (C=O) groups excluding carboxylic acids is 2. The highest BCUT2D eigenvalue weighted by molar-refractivity contribution is 8.00. The van der Waals surface area contributed by atoms with Crippen molar-refractivity contribution in [2.24, 2.45) is 0 Å². The summed E-state index contributed by atoms with van der Waals surface area (Å²) in [5.74, 6) is 0.236. The Labute approximate surface area is 252 Å². The number of amides is 1. The fourth-order valence-electron chi connectivity index (χ4n) is 5.20. The number of aliphatic hydroxyl groups is 1. The van der Waals surface area contributed by atoms with Crippen molar-refractivity contribution in [3.63, 3.8) is 0 Å². The number of Topliss-reactive ketones (excluding diaryl/α,β-unsaturated/α-hetero) is 1. The lowest BCUT2D eigenvalue weighted by molar-refractivity contribution is -0.132. The Kier molecular flexibility index (Phi) is 7.74. The number of anilines is 1. The zero-order valence-corrected chi connectivity index (χ0v) is 25.0. The van der Waals surface area contributed by atoms with Gasteiger partial charge in [-0.3, -0.25) is 14.5 Å². The monoisotopic (exact) mass is 599 g/mol. The summed E-state index contributed by atoms with van der Waals surface area (Å²) in [5, 5.41) is 20.5. The lowest BCUT2D eigenvalue weighted by atomic mass is 9.94. The van der Waals surface area contributed by atoms with Crippen LogP contribution in [0.3, 0.4) is 0 Å². The Morgan fingerprint density at radius 2 is 1.93 bits per heavy atom. The second-order valence-corrected chi connectivity index (χ2v) is 12.4. The zero-order chi connectivity index (χ0) is 29.4. The van der Waals surface area contributed by atoms with Gasteiger partial charge in [-0.05, 0) is 67.8 Å². The number of nitrogens with zero attached hydrogens (tertiary/aromatic N) is 3. The quantitative estimate of drug-likeness (QED) is 0.0807. The summed E-state index contributed by atoms with van der Waals surface area (Å²) in [7, 11) is 0. The molecular formula is C32H29N3O5S2. The number of fused-ring (bicyclic) bond motifs is 1. The number of benzene rings is 3. The topological polar surface area (TPSA) is 102 Å². The summed E-state index contributed by atoms with van der Waals surface area (Å²) in [6.07, 6.45) is 0.720. The second kappa shape index (κ2) is 11.6. The van der Waals surface area contributed by atoms with Gasteiger partial charge in [-0.2, -0.15) is 0 Å². The van der Waals surface area contributed by atoms with Crippen LogP contribution in [0.5, 0.6) is 11.5 Å². The largest absolute Gasteiger partial charge is 0.507 e. The summed E-state index contributed by atoms with van der Waals surface area (Å²) in [6, 6.07) is 19.9. The molecule has 0 spiro atoms. The SMILES string of the molecule is CCOc1cccc([C@@H]2/C(=C(\O)c3ccc4c(c3)C[C@H](C)O4)C(=O)C(=O)N2c2nnc(SCc3ccc(C)cc3)s2)c1. The number of ether oxygens (including phenoxy) is 2. The lowest BCUT2D eigenvalue weighted by Gasteiger charge is -2.23. The molecule has 1 aromatic heterocycles. The van der Waals surface area contributed by atoms with Crippen molar-refractivity contribution in [3.8, 4) is 11.5 Å². The summed E-state index contributed by atoms with van der Waals surface area (Å²) in [4.78, 5) is 28.6. The van der Waals surface area contributed by atoms with Crippen LogP contribution in [0.25, 0.3) is 5.76 Å². The summed E-state index contributed by atoms with van der Waals surface area (Å²) in [5.41, 5.74) is 4.32. The Morgan fingerprint density at radius 3 is 2.71 bits per heavy atom. The molecule has 2 aliphatic rings. The van der Waals surface area contributed by atoms with Crippen LogP contribution in [0, 0.1) is 6.92 Å². The van der Waals surface area contributed by atoms with E-state index in [9.17, 15) is 14.7 Å². The number of thioether (sulfide) groups is 1. The average molecular weight is 600 g/mol. The number of rotatable bonds is 8. The van der Waals surface area contributed by atoms with Crippen LogP contribution in [-0.4, -0.2) is 39.7 Å². The molecule has 1 N–H and O–H groups in total. The Balaban J connectivity index is 1.39. The first kappa shape index (κ1) is 28.0. The van der Waals surface area contributed by atoms with E-state index in [-0.39, 0.29) is 22.6 Å². The van der Waals surface area contributed by atoms with E-state index in [1.165, 1.54) is 33.6 Å². The zero-order valence-electron chi connectivity index (χ0n) is 23.4. The van der Waals surface area contributed by atoms with Crippen LogP contribution in [0.1, 0.15) is 47.7 Å². The maximum absolute atomic E-state index is 13.6. The molecule has 4 aromatic rings. The third-order valence-electron chi connectivity index (χ3n) is 7.18. The van der Waals surface area contributed by atoms with Crippen LogP contribution < -0.4 is 14.4 Å². The van der Waals surface area contributed by atoms with Gasteiger partial charge in [-0.1, -0.05) is 65.1 Å². The van der Waals surface area contributed by atoms with Crippen molar-refractivity contribution in [1.29, 1.82) is 0 Å². The molecule has 2 aliphatic heterocycles. The summed E-state index contributed by atoms with van der Waals surface area (Å²) < 4.78 is 12.2. The summed E-state index contributed by atoms with van der Waals surface area (Å²) >= 11 is 2.75. The van der Waals surface area contributed by atoms with Gasteiger partial charge >= 0.3 is 5.91 Å². The molecule has 10 heteroatoms. The summed E-state index contributed by atoms with van der Waals surface area (Å²) in [6.45, 7) is 6.36. The molecule has 0 bridgehead atoms. The maximum Gasteiger partial charge on any atom is 0.301 e. The standard InChI is InChI=1S/C32H29N3O5S2/c1-4-39-24-7-5-6-21(16-24)27-26(28(36)22-12-13-25-23(15-22)14-19(3)40-25)29(37)30(38)35(27)31-33-34-32(42-31)41-17-20-10-8-18(2)9-11-20/h5-13,15-16,19,27,36H,4,14,17H2,1-3H3/b28-26+/t19-,27+/m0/s1. The van der Waals surface area contributed by atoms with Crippen LogP contribution >= 0.6 is 23.1 Å². The number of hydrogen-bond donors (Lipinski definition) is 1. The molecule has 6 rings (SSSR count). The first-order valence-corrected chi connectivity index (χ1v) is 15.5. The highest BCUT2D eigenvalue weighted by Crippen LogP contribution is 2.45. The molecule has 1 amide bonds. The third-order valence-corrected chi connectivity index (χ3v) is 9.31. The Morgan fingerprint density at radius 1 is 1.12 bits per heavy atom. The van der Waals surface area contributed by atoms with Gasteiger partial charge in [0.05, 0.1) is 18.2 Å². The van der Waals surface area contributed by atoms with Crippen molar-refractivity contribution in [2.45, 2.75) is 49.4 Å². The number of carbonyl (C=O) groups is 2. The van der Waals surface area contributed by atoms with E-state index in [0.29, 0.717) is 40.0 Å². The molecule has 1 fully saturated rings. The van der Waals surface area contributed by atoms with Crippen molar-refractivity contribution < 1.29 is 24.2 Å². The molecule has 42 heavy (non-hydrogen) atoms. The van der Waals surface area contributed by atoms with Gasteiger partial charge in [-0.25, -0.2) is 0 Å². The predicted molar refractivity (Wildman–Crippen MR) is 163 cm³/mol. The number of aryl methyl sites for hydroxylation is 1. The van der Waals surface area contributed by atoms with Crippen molar-refractivity contribution in [1.82, 2.24) is 10.2 Å². The smallest absolute Gasteiger partial charge is 0.301 e. The van der Waals surface area contributed by atoms with Crippen molar-refractivity contribution in [2.75, 3.05) is 11.5 Å². The van der Waals surface area contributed by atoms with E-state index in [0.717, 1.165) is 16.9 Å². The molecular weight excluding hydrogens is 571 g/mol. The van der Waals surface area contributed by atoms with E-state index in [1.54, 1.807) is 24.3 Å². The molecule has 3 aromatic carbocycles. The molecule has 8 nitrogen and oxygen atoms in total. The van der Waals surface area contributed by atoms with Gasteiger partial charge in [0.25, 0.3) is 5.78 Å². The first-order chi connectivity index (χ1) is 20.3. The number of aliphatic hydroxyl groups excluding tert-OH is 1. The normalized spacial score (nSPS) is 19.2. The van der Waals surface area contributed by atoms with Crippen LogP contribution in [0.2, 0.25) is 0 Å². The van der Waals surface area contributed by atoms with Crippen LogP contribution in [-0.2, 0) is 21.8 Å². The van der Waals surface area contributed by atoms with E-state index in [2.05, 4.69) is 34.5 Å². The first-order valence-electron chi connectivity index (χ1n) is 13.7. The molecule has 0 saturated carbocycles. The number of ketones is 1.